The first-order valence-corrected chi connectivity index (χ1v) is 7.47. The van der Waals surface area contributed by atoms with Crippen LogP contribution in [0, 0.1) is 5.82 Å². The fraction of sp³-hybridized carbons (Fsp3) is 0.105. The molecule has 0 aliphatic heterocycles. The number of rotatable bonds is 2. The van der Waals surface area contributed by atoms with Gasteiger partial charge in [-0.25, -0.2) is 9.18 Å². The molecule has 0 saturated carbocycles. The quantitative estimate of drug-likeness (QED) is 0.742. The molecule has 0 bridgehead atoms. The number of carbonyl (C=O) groups is 1. The van der Waals surface area contributed by atoms with Gasteiger partial charge in [-0.1, -0.05) is 36.4 Å². The third kappa shape index (κ3) is 2.14. The zero-order valence-electron chi connectivity index (χ0n) is 12.3. The molecule has 4 heteroatoms. The molecule has 3 aromatic rings. The molecule has 23 heavy (non-hydrogen) atoms. The summed E-state index contributed by atoms with van der Waals surface area (Å²) in [6.45, 7) is 0. The summed E-state index contributed by atoms with van der Waals surface area (Å²) in [5, 5.41) is 9.57. The van der Waals surface area contributed by atoms with Crippen molar-refractivity contribution in [2.24, 2.45) is 0 Å². The van der Waals surface area contributed by atoms with Gasteiger partial charge in [0.1, 0.15) is 11.5 Å². The topological polar surface area (TPSA) is 53.1 Å². The van der Waals surface area contributed by atoms with Gasteiger partial charge in [0.2, 0.25) is 0 Å². The summed E-state index contributed by atoms with van der Waals surface area (Å²) in [5.41, 5.74) is 5.33. The number of aromatic nitrogens is 1. The van der Waals surface area contributed by atoms with E-state index in [4.69, 9.17) is 0 Å². The van der Waals surface area contributed by atoms with Crippen LogP contribution in [0.25, 0.3) is 22.4 Å². The molecule has 1 aromatic heterocycles. The van der Waals surface area contributed by atoms with Crippen LogP contribution in [0.3, 0.4) is 0 Å². The number of carboxylic acid groups (broad SMARTS) is 1. The normalized spacial score (nSPS) is 12.6. The first kappa shape index (κ1) is 13.8. The lowest BCUT2D eigenvalue weighted by atomic mass is 9.87. The Labute approximate surface area is 132 Å². The Morgan fingerprint density at radius 1 is 1.09 bits per heavy atom. The predicted octanol–water partition coefficient (Wildman–Crippen LogP) is 4.28. The number of nitrogens with one attached hydrogen (secondary N) is 1. The second kappa shape index (κ2) is 5.09. The number of aromatic carboxylic acids is 1. The monoisotopic (exact) mass is 307 g/mol. The van der Waals surface area contributed by atoms with Crippen molar-refractivity contribution >= 4 is 5.97 Å². The molecule has 1 heterocycles. The molecular weight excluding hydrogens is 293 g/mol. The lowest BCUT2D eigenvalue weighted by molar-refractivity contribution is 0.0692. The minimum atomic E-state index is -1.03. The van der Waals surface area contributed by atoms with Crippen LogP contribution in [0.1, 0.15) is 21.6 Å². The van der Waals surface area contributed by atoms with Crippen molar-refractivity contribution in [2.75, 3.05) is 0 Å². The molecule has 4 rings (SSSR count). The zero-order chi connectivity index (χ0) is 16.0. The second-order valence-electron chi connectivity index (χ2n) is 5.70. The highest BCUT2D eigenvalue weighted by Crippen LogP contribution is 2.40. The zero-order valence-corrected chi connectivity index (χ0v) is 12.3. The summed E-state index contributed by atoms with van der Waals surface area (Å²) in [4.78, 5) is 14.7. The lowest BCUT2D eigenvalue weighted by Crippen LogP contribution is -2.03. The third-order valence-electron chi connectivity index (χ3n) is 4.36. The number of halogens is 1. The van der Waals surface area contributed by atoms with Crippen molar-refractivity contribution in [3.8, 4) is 22.4 Å². The molecule has 3 nitrogen and oxygen atoms in total. The van der Waals surface area contributed by atoms with Crippen LogP contribution in [0.2, 0.25) is 0 Å². The summed E-state index contributed by atoms with van der Waals surface area (Å²) in [6.07, 6.45) is 1.59. The van der Waals surface area contributed by atoms with Gasteiger partial charge in [-0.2, -0.15) is 0 Å². The van der Waals surface area contributed by atoms with Crippen LogP contribution >= 0.6 is 0 Å². The van der Waals surface area contributed by atoms with E-state index in [1.807, 2.05) is 18.2 Å². The number of carboxylic acids is 1. The van der Waals surface area contributed by atoms with Crippen LogP contribution in [0.15, 0.2) is 48.5 Å². The van der Waals surface area contributed by atoms with Crippen LogP contribution in [-0.4, -0.2) is 16.1 Å². The Hall–Kier alpha value is -2.88. The van der Waals surface area contributed by atoms with Gasteiger partial charge in [0, 0.05) is 11.1 Å². The number of H-pyrrole nitrogens is 1. The van der Waals surface area contributed by atoms with E-state index in [1.54, 1.807) is 12.1 Å². The first-order valence-electron chi connectivity index (χ1n) is 7.47. The molecule has 0 spiro atoms. The molecule has 2 aromatic carbocycles. The van der Waals surface area contributed by atoms with Crippen molar-refractivity contribution in [3.63, 3.8) is 0 Å². The van der Waals surface area contributed by atoms with E-state index >= 15 is 0 Å². The van der Waals surface area contributed by atoms with Crippen LogP contribution < -0.4 is 0 Å². The van der Waals surface area contributed by atoms with E-state index in [9.17, 15) is 14.3 Å². The van der Waals surface area contributed by atoms with E-state index in [0.717, 1.165) is 29.7 Å². The molecule has 0 unspecified atom stereocenters. The van der Waals surface area contributed by atoms with Gasteiger partial charge in [0.25, 0.3) is 0 Å². The van der Waals surface area contributed by atoms with E-state index in [2.05, 4.69) is 11.1 Å². The molecule has 114 valence electrons. The molecule has 2 N–H and O–H groups in total. The maximum Gasteiger partial charge on any atom is 0.352 e. The third-order valence-corrected chi connectivity index (χ3v) is 4.36. The van der Waals surface area contributed by atoms with E-state index in [0.29, 0.717) is 11.1 Å². The highest BCUT2D eigenvalue weighted by atomic mass is 19.1. The molecule has 0 radical (unpaired) electrons. The van der Waals surface area contributed by atoms with Crippen molar-refractivity contribution in [3.05, 3.63) is 71.2 Å². The summed E-state index contributed by atoms with van der Waals surface area (Å²) in [7, 11) is 0. The number of hydrogen-bond donors (Lipinski definition) is 2. The Kier molecular flexibility index (Phi) is 3.05. The van der Waals surface area contributed by atoms with Gasteiger partial charge in [-0.05, 0) is 41.7 Å². The number of benzene rings is 2. The Morgan fingerprint density at radius 2 is 1.91 bits per heavy atom. The Balaban J connectivity index is 2.01. The number of fused-ring (bicyclic) bond motifs is 3. The average Bonchev–Trinajstić information content (AvgIpc) is 2.95. The summed E-state index contributed by atoms with van der Waals surface area (Å²) >= 11 is 0. The Morgan fingerprint density at radius 3 is 2.70 bits per heavy atom. The highest BCUT2D eigenvalue weighted by molar-refractivity contribution is 5.98. The van der Waals surface area contributed by atoms with Crippen LogP contribution in [0.5, 0.6) is 0 Å². The second-order valence-corrected chi connectivity index (χ2v) is 5.70. The molecule has 0 saturated heterocycles. The lowest BCUT2D eigenvalue weighted by Gasteiger charge is -2.17. The molecule has 1 aliphatic carbocycles. The average molecular weight is 307 g/mol. The Bertz CT molecular complexity index is 927. The van der Waals surface area contributed by atoms with Crippen LogP contribution in [0.4, 0.5) is 4.39 Å². The van der Waals surface area contributed by atoms with Crippen molar-refractivity contribution < 1.29 is 14.3 Å². The predicted molar refractivity (Wildman–Crippen MR) is 86.0 cm³/mol. The number of hydrogen-bond acceptors (Lipinski definition) is 1. The fourth-order valence-electron chi connectivity index (χ4n) is 3.38. The van der Waals surface area contributed by atoms with E-state index in [-0.39, 0.29) is 11.5 Å². The summed E-state index contributed by atoms with van der Waals surface area (Å²) < 4.78 is 13.6. The smallest absolute Gasteiger partial charge is 0.352 e. The van der Waals surface area contributed by atoms with Gasteiger partial charge < -0.3 is 10.1 Å². The van der Waals surface area contributed by atoms with Crippen molar-refractivity contribution in [1.29, 1.82) is 0 Å². The van der Waals surface area contributed by atoms with E-state index < -0.39 is 5.97 Å². The van der Waals surface area contributed by atoms with Gasteiger partial charge >= 0.3 is 5.97 Å². The largest absolute Gasteiger partial charge is 0.477 e. The first-order chi connectivity index (χ1) is 11.1. The van der Waals surface area contributed by atoms with E-state index in [1.165, 1.54) is 17.7 Å². The molecular formula is C19H14FNO2. The van der Waals surface area contributed by atoms with Gasteiger partial charge in [0.15, 0.2) is 0 Å². The molecule has 1 aliphatic rings. The van der Waals surface area contributed by atoms with Gasteiger partial charge in [-0.15, -0.1) is 0 Å². The van der Waals surface area contributed by atoms with Gasteiger partial charge in [0.05, 0.1) is 5.69 Å². The summed E-state index contributed by atoms with van der Waals surface area (Å²) in [5.74, 6) is -1.40. The summed E-state index contributed by atoms with van der Waals surface area (Å²) in [6, 6.07) is 14.1. The fourth-order valence-corrected chi connectivity index (χ4v) is 3.38. The van der Waals surface area contributed by atoms with Crippen LogP contribution in [-0.2, 0) is 12.8 Å². The molecule has 0 atom stereocenters. The number of aryl methyl sites for hydroxylation is 1. The van der Waals surface area contributed by atoms with Gasteiger partial charge in [-0.3, -0.25) is 0 Å². The van der Waals surface area contributed by atoms with Crippen molar-refractivity contribution in [1.82, 2.24) is 4.98 Å². The maximum absolute atomic E-state index is 13.6. The maximum atomic E-state index is 13.6. The SMILES string of the molecule is O=C(O)c1[nH]c2c(c1-c1cccc(F)c1)CCc1ccccc1-2. The molecule has 0 fully saturated rings. The molecule has 0 amide bonds. The minimum absolute atomic E-state index is 0.123. The highest BCUT2D eigenvalue weighted by Gasteiger charge is 2.27. The minimum Gasteiger partial charge on any atom is -0.477 e. The standard InChI is InChI=1S/C19H14FNO2/c20-13-6-3-5-12(10-13)16-15-9-8-11-4-1-2-7-14(11)17(15)21-18(16)19(22)23/h1-7,10,21H,8-9H2,(H,22,23). The van der Waals surface area contributed by atoms with Crippen molar-refractivity contribution in [2.45, 2.75) is 12.8 Å². The number of aromatic amines is 1.